The number of benzene rings is 1. The molecule has 1 aromatic rings. The van der Waals surface area contributed by atoms with E-state index in [-0.39, 0.29) is 17.8 Å². The normalized spacial score (nSPS) is 22.6. The van der Waals surface area contributed by atoms with Gasteiger partial charge in [-0.3, -0.25) is 4.79 Å². The minimum atomic E-state index is -0.552. The quantitative estimate of drug-likeness (QED) is 0.761. The number of oxime groups is 1. The summed E-state index contributed by atoms with van der Waals surface area (Å²) in [5, 5.41) is 4.07. The molecule has 2 aliphatic rings. The maximum absolute atomic E-state index is 13.0. The summed E-state index contributed by atoms with van der Waals surface area (Å²) in [6, 6.07) is 6.32. The van der Waals surface area contributed by atoms with Gasteiger partial charge in [0.1, 0.15) is 5.82 Å². The molecule has 2 aliphatic heterocycles. The SMILES string of the molecule is CCCN(C[C@H]1CCCO1)C(=O)[C@@H]1CC(Cc2ccc(F)cc2)=NO1. The van der Waals surface area contributed by atoms with Crippen LogP contribution >= 0.6 is 0 Å². The molecule has 0 saturated carbocycles. The molecule has 1 fully saturated rings. The van der Waals surface area contributed by atoms with E-state index >= 15 is 0 Å². The molecule has 0 unspecified atom stereocenters. The summed E-state index contributed by atoms with van der Waals surface area (Å²) >= 11 is 0. The van der Waals surface area contributed by atoms with Crippen molar-refractivity contribution in [2.75, 3.05) is 19.7 Å². The maximum atomic E-state index is 13.0. The molecule has 0 aliphatic carbocycles. The third-order valence-corrected chi connectivity index (χ3v) is 4.58. The number of ether oxygens (including phenoxy) is 1. The minimum absolute atomic E-state index is 0.0183. The predicted octanol–water partition coefficient (Wildman–Crippen LogP) is 2.93. The van der Waals surface area contributed by atoms with Crippen LogP contribution in [-0.4, -0.2) is 48.4 Å². The lowest BCUT2D eigenvalue weighted by Gasteiger charge is -2.26. The van der Waals surface area contributed by atoms with Crippen LogP contribution in [0.25, 0.3) is 0 Å². The van der Waals surface area contributed by atoms with E-state index in [2.05, 4.69) is 12.1 Å². The molecular formula is C19H25FN2O3. The Morgan fingerprint density at radius 3 is 2.84 bits per heavy atom. The van der Waals surface area contributed by atoms with Crippen LogP contribution in [0.2, 0.25) is 0 Å². The molecule has 2 heterocycles. The summed E-state index contributed by atoms with van der Waals surface area (Å²) < 4.78 is 18.6. The fourth-order valence-electron chi connectivity index (χ4n) is 3.30. The van der Waals surface area contributed by atoms with E-state index in [1.54, 1.807) is 12.1 Å². The number of carbonyl (C=O) groups is 1. The number of nitrogens with zero attached hydrogens (tertiary/aromatic N) is 2. The van der Waals surface area contributed by atoms with Crippen molar-refractivity contribution in [1.82, 2.24) is 4.90 Å². The Kier molecular flexibility index (Phi) is 6.02. The highest BCUT2D eigenvalue weighted by atomic mass is 19.1. The van der Waals surface area contributed by atoms with Crippen molar-refractivity contribution in [3.63, 3.8) is 0 Å². The Bertz CT molecular complexity index is 612. The minimum Gasteiger partial charge on any atom is -0.382 e. The van der Waals surface area contributed by atoms with Crippen molar-refractivity contribution in [2.24, 2.45) is 5.16 Å². The lowest BCUT2D eigenvalue weighted by Crippen LogP contribution is -2.43. The van der Waals surface area contributed by atoms with Crippen LogP contribution in [0.15, 0.2) is 29.4 Å². The summed E-state index contributed by atoms with van der Waals surface area (Å²) in [5.74, 6) is -0.277. The molecule has 0 N–H and O–H groups in total. The van der Waals surface area contributed by atoms with Gasteiger partial charge in [0.25, 0.3) is 5.91 Å². The fourth-order valence-corrected chi connectivity index (χ4v) is 3.30. The van der Waals surface area contributed by atoms with E-state index in [1.807, 2.05) is 4.90 Å². The Hall–Kier alpha value is -1.95. The number of hydrogen-bond donors (Lipinski definition) is 0. The number of amides is 1. The average Bonchev–Trinajstić information content (AvgIpc) is 3.28. The maximum Gasteiger partial charge on any atom is 0.266 e. The summed E-state index contributed by atoms with van der Waals surface area (Å²) in [6.45, 7) is 4.16. The molecule has 25 heavy (non-hydrogen) atoms. The second-order valence-corrected chi connectivity index (χ2v) is 6.68. The Labute approximate surface area is 147 Å². The molecular weight excluding hydrogens is 323 g/mol. The first-order valence-electron chi connectivity index (χ1n) is 9.02. The predicted molar refractivity (Wildman–Crippen MR) is 92.9 cm³/mol. The number of rotatable bonds is 7. The van der Waals surface area contributed by atoms with Crippen LogP contribution in [0, 0.1) is 5.82 Å². The third kappa shape index (κ3) is 4.78. The molecule has 1 aromatic carbocycles. The fraction of sp³-hybridized carbons (Fsp3) is 0.579. The molecule has 3 rings (SSSR count). The van der Waals surface area contributed by atoms with Gasteiger partial charge in [-0.05, 0) is 37.0 Å². The molecule has 0 aromatic heterocycles. The van der Waals surface area contributed by atoms with Gasteiger partial charge in [-0.2, -0.15) is 0 Å². The topological polar surface area (TPSA) is 51.1 Å². The number of hydrogen-bond acceptors (Lipinski definition) is 4. The summed E-state index contributed by atoms with van der Waals surface area (Å²) in [4.78, 5) is 20.0. The first-order valence-corrected chi connectivity index (χ1v) is 9.02. The van der Waals surface area contributed by atoms with Gasteiger partial charge in [-0.15, -0.1) is 0 Å². The zero-order valence-corrected chi connectivity index (χ0v) is 14.6. The monoisotopic (exact) mass is 348 g/mol. The first-order chi connectivity index (χ1) is 12.2. The molecule has 5 nitrogen and oxygen atoms in total. The Morgan fingerprint density at radius 2 is 2.16 bits per heavy atom. The Morgan fingerprint density at radius 1 is 1.36 bits per heavy atom. The van der Waals surface area contributed by atoms with E-state index in [9.17, 15) is 9.18 Å². The lowest BCUT2D eigenvalue weighted by molar-refractivity contribution is -0.143. The Balaban J connectivity index is 1.54. The van der Waals surface area contributed by atoms with Gasteiger partial charge in [0.05, 0.1) is 11.8 Å². The van der Waals surface area contributed by atoms with Crippen LogP contribution in [-0.2, 0) is 20.8 Å². The van der Waals surface area contributed by atoms with Gasteiger partial charge >= 0.3 is 0 Å². The second-order valence-electron chi connectivity index (χ2n) is 6.68. The molecule has 136 valence electrons. The van der Waals surface area contributed by atoms with E-state index in [1.165, 1.54) is 12.1 Å². The van der Waals surface area contributed by atoms with Gasteiger partial charge in [0, 0.05) is 32.5 Å². The van der Waals surface area contributed by atoms with Crippen molar-refractivity contribution in [2.45, 2.75) is 51.2 Å². The van der Waals surface area contributed by atoms with Gasteiger partial charge in [-0.1, -0.05) is 24.2 Å². The van der Waals surface area contributed by atoms with Gasteiger partial charge < -0.3 is 14.5 Å². The van der Waals surface area contributed by atoms with Crippen molar-refractivity contribution in [1.29, 1.82) is 0 Å². The van der Waals surface area contributed by atoms with E-state index in [4.69, 9.17) is 9.57 Å². The van der Waals surface area contributed by atoms with Gasteiger partial charge in [-0.25, -0.2) is 4.39 Å². The summed E-state index contributed by atoms with van der Waals surface area (Å²) in [6.07, 6.45) is 3.61. The summed E-state index contributed by atoms with van der Waals surface area (Å²) in [7, 11) is 0. The molecule has 1 amide bonds. The molecule has 0 spiro atoms. The molecule has 1 saturated heterocycles. The zero-order valence-electron chi connectivity index (χ0n) is 14.6. The molecule has 0 bridgehead atoms. The van der Waals surface area contributed by atoms with Crippen LogP contribution in [0.4, 0.5) is 4.39 Å². The highest BCUT2D eigenvalue weighted by Crippen LogP contribution is 2.19. The van der Waals surface area contributed by atoms with E-state index in [0.717, 1.165) is 37.1 Å². The van der Waals surface area contributed by atoms with E-state index < -0.39 is 6.10 Å². The second kappa shape index (κ2) is 8.43. The summed E-state index contributed by atoms with van der Waals surface area (Å²) in [5.41, 5.74) is 1.78. The van der Waals surface area contributed by atoms with Crippen molar-refractivity contribution >= 4 is 11.6 Å². The largest absolute Gasteiger partial charge is 0.382 e. The number of carbonyl (C=O) groups excluding carboxylic acids is 1. The van der Waals surface area contributed by atoms with Crippen molar-refractivity contribution < 1.29 is 18.8 Å². The molecule has 6 heteroatoms. The van der Waals surface area contributed by atoms with Crippen LogP contribution in [0.1, 0.15) is 38.2 Å². The van der Waals surface area contributed by atoms with Gasteiger partial charge in [0.15, 0.2) is 0 Å². The van der Waals surface area contributed by atoms with Crippen molar-refractivity contribution in [3.05, 3.63) is 35.6 Å². The van der Waals surface area contributed by atoms with Gasteiger partial charge in [0.2, 0.25) is 6.10 Å². The average molecular weight is 348 g/mol. The van der Waals surface area contributed by atoms with Crippen LogP contribution in [0.3, 0.4) is 0 Å². The van der Waals surface area contributed by atoms with E-state index in [0.29, 0.717) is 25.9 Å². The zero-order chi connectivity index (χ0) is 17.6. The highest BCUT2D eigenvalue weighted by Gasteiger charge is 2.33. The number of halogens is 1. The van der Waals surface area contributed by atoms with Crippen molar-refractivity contribution in [3.8, 4) is 0 Å². The molecule has 0 radical (unpaired) electrons. The first kappa shape index (κ1) is 17.9. The standard InChI is InChI=1S/C19H25FN2O3/c1-2-9-22(13-17-4-3-10-24-17)19(23)18-12-16(21-25-18)11-14-5-7-15(20)8-6-14/h5-8,17-18H,2-4,9-13H2,1H3/t17-,18+/m1/s1. The van der Waals surface area contributed by atoms with Crippen LogP contribution in [0.5, 0.6) is 0 Å². The highest BCUT2D eigenvalue weighted by molar-refractivity contribution is 5.94. The van der Waals surface area contributed by atoms with Crippen LogP contribution < -0.4 is 0 Å². The molecule has 2 atom stereocenters. The lowest BCUT2D eigenvalue weighted by atomic mass is 10.0. The third-order valence-electron chi connectivity index (χ3n) is 4.58. The smallest absolute Gasteiger partial charge is 0.266 e.